The molecular weight excluding hydrogens is 462 g/mol. The first-order valence-electron chi connectivity index (χ1n) is 11.8. The van der Waals surface area contributed by atoms with E-state index >= 15 is 0 Å². The number of likely N-dealkylation sites (tertiary alicyclic amines) is 1. The van der Waals surface area contributed by atoms with Crippen molar-refractivity contribution in [3.8, 4) is 0 Å². The topological polar surface area (TPSA) is 94.1 Å². The molecule has 0 radical (unpaired) electrons. The number of likely N-dealkylation sites (N-methyl/N-ethyl adjacent to an activating group) is 1. The van der Waals surface area contributed by atoms with Crippen LogP contribution in [0.2, 0.25) is 0 Å². The Kier molecular flexibility index (Phi) is 8.20. The van der Waals surface area contributed by atoms with E-state index in [4.69, 9.17) is 0 Å². The first kappa shape index (κ1) is 24.9. The first-order chi connectivity index (χ1) is 16.9. The lowest BCUT2D eigenvalue weighted by molar-refractivity contribution is -0.121. The lowest BCUT2D eigenvalue weighted by Crippen LogP contribution is -2.35. The van der Waals surface area contributed by atoms with Gasteiger partial charge in [0.15, 0.2) is 5.17 Å². The van der Waals surface area contributed by atoms with E-state index in [9.17, 15) is 14.4 Å². The van der Waals surface area contributed by atoms with E-state index in [-0.39, 0.29) is 30.2 Å². The van der Waals surface area contributed by atoms with Crippen LogP contribution in [0.1, 0.15) is 41.2 Å². The molecule has 2 aliphatic heterocycles. The highest BCUT2D eigenvalue weighted by Crippen LogP contribution is 2.29. The Morgan fingerprint density at radius 3 is 2.43 bits per heavy atom. The summed E-state index contributed by atoms with van der Waals surface area (Å²) in [5.74, 6) is -0.677. The van der Waals surface area contributed by atoms with Crippen LogP contribution in [0, 0.1) is 0 Å². The fourth-order valence-electron chi connectivity index (χ4n) is 4.16. The maximum absolute atomic E-state index is 12.9. The Morgan fingerprint density at radius 2 is 1.77 bits per heavy atom. The normalized spacial score (nSPS) is 18.5. The van der Waals surface area contributed by atoms with Gasteiger partial charge in [-0.05, 0) is 56.8 Å². The number of rotatable bonds is 8. The van der Waals surface area contributed by atoms with Gasteiger partial charge in [0.1, 0.15) is 5.25 Å². The van der Waals surface area contributed by atoms with Crippen molar-refractivity contribution in [2.24, 2.45) is 4.99 Å². The Hall–Kier alpha value is -3.17. The summed E-state index contributed by atoms with van der Waals surface area (Å²) in [5.41, 5.74) is 2.12. The Morgan fingerprint density at radius 1 is 1.09 bits per heavy atom. The van der Waals surface area contributed by atoms with E-state index in [1.54, 1.807) is 24.3 Å². The van der Waals surface area contributed by atoms with E-state index in [1.165, 1.54) is 11.8 Å². The van der Waals surface area contributed by atoms with E-state index in [0.29, 0.717) is 17.8 Å². The minimum Gasteiger partial charge on any atom is -0.351 e. The van der Waals surface area contributed by atoms with Crippen molar-refractivity contribution in [3.05, 3.63) is 65.7 Å². The molecule has 9 heteroatoms. The number of nitrogens with one attached hydrogen (secondary N) is 2. The quantitative estimate of drug-likeness (QED) is 0.587. The maximum Gasteiger partial charge on any atom is 0.262 e. The fraction of sp³-hybridized carbons (Fsp3) is 0.385. The summed E-state index contributed by atoms with van der Waals surface area (Å²) in [7, 11) is 3.94. The molecule has 4 rings (SSSR count). The number of carbonyl (C=O) groups excluding carboxylic acids is 3. The molecule has 3 amide bonds. The van der Waals surface area contributed by atoms with Crippen molar-refractivity contribution < 1.29 is 14.4 Å². The zero-order valence-corrected chi connectivity index (χ0v) is 20.9. The number of hydrogen-bond donors (Lipinski definition) is 2. The lowest BCUT2D eigenvalue weighted by atomic mass is 10.1. The Bertz CT molecular complexity index is 1080. The smallest absolute Gasteiger partial charge is 0.262 e. The second-order valence-corrected chi connectivity index (χ2v) is 10.2. The molecule has 2 aliphatic rings. The summed E-state index contributed by atoms with van der Waals surface area (Å²) < 4.78 is 0. The van der Waals surface area contributed by atoms with Crippen molar-refractivity contribution in [3.63, 3.8) is 0 Å². The molecule has 0 aromatic heterocycles. The summed E-state index contributed by atoms with van der Waals surface area (Å²) in [6.45, 7) is 2.50. The third-order valence-electron chi connectivity index (χ3n) is 5.96. The van der Waals surface area contributed by atoms with Gasteiger partial charge in [0.25, 0.3) is 11.8 Å². The SMILES string of the molecule is CN(C)C[C@H](NC(=O)c1ccc(NC(=O)C[C@H]2SC(N3CCCC3)=NC2=O)cc1)c1ccccc1. The van der Waals surface area contributed by atoms with E-state index in [0.717, 1.165) is 36.7 Å². The van der Waals surface area contributed by atoms with Crippen molar-refractivity contribution in [2.45, 2.75) is 30.6 Å². The molecule has 0 saturated carbocycles. The maximum atomic E-state index is 12.9. The third-order valence-corrected chi connectivity index (χ3v) is 7.18. The summed E-state index contributed by atoms with van der Waals surface area (Å²) in [5, 5.41) is 6.18. The number of amides is 3. The summed E-state index contributed by atoms with van der Waals surface area (Å²) in [4.78, 5) is 46.0. The number of amidine groups is 1. The highest BCUT2D eigenvalue weighted by molar-refractivity contribution is 8.15. The molecule has 0 spiro atoms. The summed E-state index contributed by atoms with van der Waals surface area (Å²) >= 11 is 1.38. The van der Waals surface area contributed by atoms with Gasteiger partial charge in [-0.2, -0.15) is 4.99 Å². The third kappa shape index (κ3) is 6.70. The van der Waals surface area contributed by atoms with E-state index in [1.807, 2.05) is 49.3 Å². The minimum atomic E-state index is -0.484. The van der Waals surface area contributed by atoms with Crippen LogP contribution in [-0.2, 0) is 9.59 Å². The number of anilines is 1. The van der Waals surface area contributed by atoms with Crippen LogP contribution >= 0.6 is 11.8 Å². The van der Waals surface area contributed by atoms with Gasteiger partial charge in [0.2, 0.25) is 5.91 Å². The first-order valence-corrected chi connectivity index (χ1v) is 12.7. The average molecular weight is 494 g/mol. The molecule has 2 heterocycles. The van der Waals surface area contributed by atoms with Gasteiger partial charge in [-0.25, -0.2) is 0 Å². The van der Waals surface area contributed by atoms with Gasteiger partial charge >= 0.3 is 0 Å². The second kappa shape index (κ2) is 11.5. The molecule has 0 aliphatic carbocycles. The van der Waals surface area contributed by atoms with Gasteiger partial charge in [-0.3, -0.25) is 14.4 Å². The van der Waals surface area contributed by atoms with Crippen LogP contribution in [-0.4, -0.2) is 71.7 Å². The predicted octanol–water partition coefficient (Wildman–Crippen LogP) is 3.14. The van der Waals surface area contributed by atoms with Crippen LogP contribution in [0.4, 0.5) is 5.69 Å². The fourth-order valence-corrected chi connectivity index (χ4v) is 5.28. The van der Waals surface area contributed by atoms with Gasteiger partial charge in [0.05, 0.1) is 6.04 Å². The minimum absolute atomic E-state index is 0.0653. The highest BCUT2D eigenvalue weighted by Gasteiger charge is 2.33. The molecule has 2 aromatic carbocycles. The molecule has 0 bridgehead atoms. The molecule has 35 heavy (non-hydrogen) atoms. The number of thioether (sulfide) groups is 1. The van der Waals surface area contributed by atoms with Crippen LogP contribution < -0.4 is 10.6 Å². The van der Waals surface area contributed by atoms with Gasteiger partial charge < -0.3 is 20.4 Å². The van der Waals surface area contributed by atoms with E-state index < -0.39 is 5.25 Å². The monoisotopic (exact) mass is 493 g/mol. The zero-order valence-electron chi connectivity index (χ0n) is 20.1. The van der Waals surface area contributed by atoms with Crippen molar-refractivity contribution in [2.75, 3.05) is 39.0 Å². The Balaban J connectivity index is 1.30. The second-order valence-electron chi connectivity index (χ2n) is 9.06. The van der Waals surface area contributed by atoms with E-state index in [2.05, 4.69) is 20.5 Å². The van der Waals surface area contributed by atoms with Crippen molar-refractivity contribution in [1.29, 1.82) is 0 Å². The van der Waals surface area contributed by atoms with Crippen LogP contribution in [0.5, 0.6) is 0 Å². The largest absolute Gasteiger partial charge is 0.351 e. The van der Waals surface area contributed by atoms with Crippen LogP contribution in [0.15, 0.2) is 59.6 Å². The molecular formula is C26H31N5O3S. The number of benzene rings is 2. The van der Waals surface area contributed by atoms with Gasteiger partial charge in [-0.15, -0.1) is 0 Å². The molecule has 184 valence electrons. The molecule has 1 saturated heterocycles. The number of aliphatic imine (C=N–C) groups is 1. The average Bonchev–Trinajstić information content (AvgIpc) is 3.50. The van der Waals surface area contributed by atoms with Gasteiger partial charge in [0, 0.05) is 37.3 Å². The number of carbonyl (C=O) groups is 3. The van der Waals surface area contributed by atoms with Crippen molar-refractivity contribution >= 4 is 40.3 Å². The van der Waals surface area contributed by atoms with Gasteiger partial charge in [-0.1, -0.05) is 42.1 Å². The summed E-state index contributed by atoms with van der Waals surface area (Å²) in [6, 6.07) is 16.5. The zero-order chi connectivity index (χ0) is 24.8. The summed E-state index contributed by atoms with van der Waals surface area (Å²) in [6.07, 6.45) is 2.28. The molecule has 2 aromatic rings. The number of hydrogen-bond acceptors (Lipinski definition) is 6. The number of nitrogens with zero attached hydrogens (tertiary/aromatic N) is 3. The standard InChI is InChI=1S/C26H31N5O3S/c1-30(2)17-21(18-8-4-3-5-9-18)28-24(33)19-10-12-20(13-11-19)27-23(32)16-22-25(34)29-26(35-22)31-14-6-7-15-31/h3-5,8-13,21-22H,6-7,14-17H2,1-2H3,(H,27,32)(H,28,33)/t21-,22+/m0/s1. The molecule has 1 fully saturated rings. The lowest BCUT2D eigenvalue weighted by Gasteiger charge is -2.23. The molecule has 0 unspecified atom stereocenters. The van der Waals surface area contributed by atoms with Crippen LogP contribution in [0.3, 0.4) is 0 Å². The molecule has 2 atom stereocenters. The molecule has 8 nitrogen and oxygen atoms in total. The van der Waals surface area contributed by atoms with Crippen molar-refractivity contribution in [1.82, 2.24) is 15.1 Å². The Labute approximate surface area is 210 Å². The predicted molar refractivity (Wildman–Crippen MR) is 140 cm³/mol. The molecule has 2 N–H and O–H groups in total. The van der Waals surface area contributed by atoms with Crippen LogP contribution in [0.25, 0.3) is 0 Å². The highest BCUT2D eigenvalue weighted by atomic mass is 32.2.